The number of ether oxygens (including phenoxy) is 2. The topological polar surface area (TPSA) is 84.9 Å². The monoisotopic (exact) mass is 371 g/mol. The third-order valence-corrected chi connectivity index (χ3v) is 3.67. The lowest BCUT2D eigenvalue weighted by Gasteiger charge is -2.14. The second-order valence-corrected chi connectivity index (χ2v) is 6.34. The molecule has 0 spiro atoms. The molecule has 0 aliphatic heterocycles. The van der Waals surface area contributed by atoms with Crippen molar-refractivity contribution >= 4 is 11.9 Å². The van der Waals surface area contributed by atoms with Crippen LogP contribution in [-0.4, -0.2) is 29.7 Å². The van der Waals surface area contributed by atoms with E-state index < -0.39 is 5.97 Å². The number of hydrogen-bond donors (Lipinski definition) is 2. The molecule has 2 N–H and O–H groups in total. The summed E-state index contributed by atoms with van der Waals surface area (Å²) in [7, 11) is 0. The number of aliphatic carboxylic acids is 1. The normalized spacial score (nSPS) is 10.5. The molecule has 0 unspecified atom stereocenters. The van der Waals surface area contributed by atoms with E-state index in [-0.39, 0.29) is 18.4 Å². The lowest BCUT2D eigenvalue weighted by molar-refractivity contribution is -0.137. The second kappa shape index (κ2) is 10.2. The van der Waals surface area contributed by atoms with Gasteiger partial charge >= 0.3 is 5.97 Å². The zero-order valence-electron chi connectivity index (χ0n) is 15.6. The van der Waals surface area contributed by atoms with Crippen molar-refractivity contribution in [1.82, 2.24) is 5.32 Å². The molecule has 0 aliphatic carbocycles. The lowest BCUT2D eigenvalue weighted by atomic mass is 10.1. The summed E-state index contributed by atoms with van der Waals surface area (Å²) < 4.78 is 11.2. The Balaban J connectivity index is 1.86. The van der Waals surface area contributed by atoms with Crippen molar-refractivity contribution < 1.29 is 24.2 Å². The SMILES string of the molecule is CC(C)Oc1ccccc1C(=O)NCc1ccc(OCCCC(=O)O)cc1. The Morgan fingerprint density at radius 3 is 2.44 bits per heavy atom. The molecule has 2 aromatic rings. The number of carboxylic acids is 1. The summed E-state index contributed by atoms with van der Waals surface area (Å²) in [5.74, 6) is 0.214. The predicted molar refractivity (Wildman–Crippen MR) is 102 cm³/mol. The van der Waals surface area contributed by atoms with Crippen molar-refractivity contribution in [1.29, 1.82) is 0 Å². The highest BCUT2D eigenvalue weighted by Gasteiger charge is 2.12. The Bertz CT molecular complexity index is 755. The molecule has 0 saturated carbocycles. The van der Waals surface area contributed by atoms with Gasteiger partial charge in [-0.15, -0.1) is 0 Å². The van der Waals surface area contributed by atoms with Crippen LogP contribution in [0.25, 0.3) is 0 Å². The first-order valence-electron chi connectivity index (χ1n) is 8.93. The quantitative estimate of drug-likeness (QED) is 0.623. The third kappa shape index (κ3) is 7.01. The van der Waals surface area contributed by atoms with Gasteiger partial charge in [0, 0.05) is 13.0 Å². The van der Waals surface area contributed by atoms with E-state index in [1.807, 2.05) is 32.0 Å². The second-order valence-electron chi connectivity index (χ2n) is 6.34. The smallest absolute Gasteiger partial charge is 0.303 e. The van der Waals surface area contributed by atoms with Gasteiger partial charge in [-0.3, -0.25) is 9.59 Å². The number of rotatable bonds is 10. The number of hydrogen-bond acceptors (Lipinski definition) is 4. The van der Waals surface area contributed by atoms with E-state index >= 15 is 0 Å². The van der Waals surface area contributed by atoms with Crippen LogP contribution in [0.5, 0.6) is 11.5 Å². The Morgan fingerprint density at radius 1 is 1.07 bits per heavy atom. The van der Waals surface area contributed by atoms with Crippen molar-refractivity contribution in [3.05, 3.63) is 59.7 Å². The van der Waals surface area contributed by atoms with Gasteiger partial charge in [-0.25, -0.2) is 0 Å². The number of para-hydroxylation sites is 1. The number of carbonyl (C=O) groups is 2. The summed E-state index contributed by atoms with van der Waals surface area (Å²) in [4.78, 5) is 22.9. The predicted octanol–water partition coefficient (Wildman–Crippen LogP) is 3.65. The van der Waals surface area contributed by atoms with Gasteiger partial charge in [-0.1, -0.05) is 24.3 Å². The zero-order chi connectivity index (χ0) is 19.6. The maximum atomic E-state index is 12.5. The number of benzene rings is 2. The van der Waals surface area contributed by atoms with E-state index in [9.17, 15) is 9.59 Å². The molecule has 2 rings (SSSR count). The van der Waals surface area contributed by atoms with Crippen molar-refractivity contribution in [3.63, 3.8) is 0 Å². The van der Waals surface area contributed by atoms with Crippen molar-refractivity contribution in [2.45, 2.75) is 39.3 Å². The largest absolute Gasteiger partial charge is 0.494 e. The third-order valence-electron chi connectivity index (χ3n) is 3.67. The molecule has 0 bridgehead atoms. The number of nitrogens with one attached hydrogen (secondary N) is 1. The molecule has 0 atom stereocenters. The van der Waals surface area contributed by atoms with Crippen molar-refractivity contribution in [2.75, 3.05) is 6.61 Å². The molecular weight excluding hydrogens is 346 g/mol. The summed E-state index contributed by atoms with van der Waals surface area (Å²) in [6, 6.07) is 14.5. The maximum Gasteiger partial charge on any atom is 0.303 e. The maximum absolute atomic E-state index is 12.5. The Labute approximate surface area is 159 Å². The van der Waals surface area contributed by atoms with E-state index in [0.717, 1.165) is 5.56 Å². The average Bonchev–Trinajstić information content (AvgIpc) is 2.64. The number of amides is 1. The molecule has 0 fully saturated rings. The first-order valence-corrected chi connectivity index (χ1v) is 8.93. The summed E-state index contributed by atoms with van der Waals surface area (Å²) in [6.07, 6.45) is 0.541. The average molecular weight is 371 g/mol. The first kappa shape index (κ1) is 20.3. The van der Waals surface area contributed by atoms with Gasteiger partial charge in [0.1, 0.15) is 11.5 Å². The van der Waals surface area contributed by atoms with Crippen LogP contribution in [0.1, 0.15) is 42.6 Å². The lowest BCUT2D eigenvalue weighted by Crippen LogP contribution is -2.24. The highest BCUT2D eigenvalue weighted by atomic mass is 16.5. The molecule has 144 valence electrons. The van der Waals surface area contributed by atoms with E-state index in [4.69, 9.17) is 14.6 Å². The van der Waals surface area contributed by atoms with E-state index in [1.165, 1.54) is 0 Å². The molecule has 27 heavy (non-hydrogen) atoms. The van der Waals surface area contributed by atoms with Crippen LogP contribution < -0.4 is 14.8 Å². The Hall–Kier alpha value is -3.02. The van der Waals surface area contributed by atoms with Crippen LogP contribution in [-0.2, 0) is 11.3 Å². The van der Waals surface area contributed by atoms with Crippen LogP contribution in [0.3, 0.4) is 0 Å². The molecule has 0 aromatic heterocycles. The van der Waals surface area contributed by atoms with Gasteiger partial charge in [0.25, 0.3) is 5.91 Å². The van der Waals surface area contributed by atoms with Crippen LogP contribution >= 0.6 is 0 Å². The molecule has 0 aliphatic rings. The summed E-state index contributed by atoms with van der Waals surface area (Å²) in [5.41, 5.74) is 1.44. The zero-order valence-corrected chi connectivity index (χ0v) is 15.6. The summed E-state index contributed by atoms with van der Waals surface area (Å²) in [6.45, 7) is 4.57. The van der Waals surface area contributed by atoms with Crippen LogP contribution in [0, 0.1) is 0 Å². The standard InChI is InChI=1S/C21H25NO5/c1-15(2)27-19-7-4-3-6-18(19)21(25)22-14-16-9-11-17(12-10-16)26-13-5-8-20(23)24/h3-4,6-7,9-12,15H,5,8,13-14H2,1-2H3,(H,22,25)(H,23,24). The minimum Gasteiger partial charge on any atom is -0.494 e. The highest BCUT2D eigenvalue weighted by molar-refractivity contribution is 5.96. The number of carbonyl (C=O) groups excluding carboxylic acids is 1. The Kier molecular flexibility index (Phi) is 7.67. The fourth-order valence-electron chi connectivity index (χ4n) is 2.41. The van der Waals surface area contributed by atoms with Gasteiger partial charge < -0.3 is 19.9 Å². The first-order chi connectivity index (χ1) is 13.0. The van der Waals surface area contributed by atoms with Gasteiger partial charge in [0.2, 0.25) is 0 Å². The molecule has 0 radical (unpaired) electrons. The fraction of sp³-hybridized carbons (Fsp3) is 0.333. The highest BCUT2D eigenvalue weighted by Crippen LogP contribution is 2.19. The van der Waals surface area contributed by atoms with Crippen LogP contribution in [0.2, 0.25) is 0 Å². The van der Waals surface area contributed by atoms with E-state index in [1.54, 1.807) is 30.3 Å². The van der Waals surface area contributed by atoms with Gasteiger partial charge in [0.05, 0.1) is 18.3 Å². The molecule has 2 aromatic carbocycles. The molecule has 1 amide bonds. The molecule has 6 heteroatoms. The van der Waals surface area contributed by atoms with Gasteiger partial charge in [0.15, 0.2) is 0 Å². The summed E-state index contributed by atoms with van der Waals surface area (Å²) >= 11 is 0. The molecule has 0 heterocycles. The van der Waals surface area contributed by atoms with Gasteiger partial charge in [-0.2, -0.15) is 0 Å². The Morgan fingerprint density at radius 2 is 1.78 bits per heavy atom. The van der Waals surface area contributed by atoms with E-state index in [0.29, 0.717) is 36.6 Å². The molecular formula is C21H25NO5. The van der Waals surface area contributed by atoms with E-state index in [2.05, 4.69) is 5.32 Å². The fourth-order valence-corrected chi connectivity index (χ4v) is 2.41. The van der Waals surface area contributed by atoms with Crippen LogP contribution in [0.4, 0.5) is 0 Å². The molecule has 0 saturated heterocycles. The minimum absolute atomic E-state index is 0.0120. The van der Waals surface area contributed by atoms with Gasteiger partial charge in [-0.05, 0) is 50.1 Å². The minimum atomic E-state index is -0.829. The van der Waals surface area contributed by atoms with Crippen LogP contribution in [0.15, 0.2) is 48.5 Å². The van der Waals surface area contributed by atoms with Crippen molar-refractivity contribution in [2.24, 2.45) is 0 Å². The molecule has 6 nitrogen and oxygen atoms in total. The number of carboxylic acid groups (broad SMARTS) is 1. The van der Waals surface area contributed by atoms with Crippen molar-refractivity contribution in [3.8, 4) is 11.5 Å². The summed E-state index contributed by atoms with van der Waals surface area (Å²) in [5, 5.41) is 11.5.